The molecule has 4 nitrogen and oxygen atoms in total. The van der Waals surface area contributed by atoms with E-state index >= 15 is 0 Å². The van der Waals surface area contributed by atoms with Crippen LogP contribution in [0.25, 0.3) is 0 Å². The number of nitrogens with zero attached hydrogens (tertiary/aromatic N) is 1. The molecular weight excluding hydrogens is 248 g/mol. The third-order valence-electron chi connectivity index (χ3n) is 3.16. The van der Waals surface area contributed by atoms with Gasteiger partial charge in [-0.05, 0) is 24.8 Å². The Labute approximate surface area is 112 Å². The molecule has 18 heavy (non-hydrogen) atoms. The summed E-state index contributed by atoms with van der Waals surface area (Å²) in [4.78, 5) is 15.0. The smallest absolute Gasteiger partial charge is 0.320 e. The largest absolute Gasteiger partial charge is 0.465 e. The Bertz CT molecular complexity index is 380. The molecule has 0 spiro atoms. The second-order valence-corrected chi connectivity index (χ2v) is 5.69. The normalized spacial score (nSPS) is 25.0. The quantitative estimate of drug-likeness (QED) is 0.839. The van der Waals surface area contributed by atoms with E-state index in [-0.39, 0.29) is 12.0 Å². The zero-order valence-electron chi connectivity index (χ0n) is 10.7. The summed E-state index contributed by atoms with van der Waals surface area (Å²) in [6.07, 6.45) is 1.000. The van der Waals surface area contributed by atoms with E-state index in [4.69, 9.17) is 10.5 Å². The van der Waals surface area contributed by atoms with E-state index in [1.54, 1.807) is 11.3 Å². The molecule has 0 saturated carbocycles. The van der Waals surface area contributed by atoms with Crippen molar-refractivity contribution < 1.29 is 9.53 Å². The Kier molecular flexibility index (Phi) is 4.74. The van der Waals surface area contributed by atoms with E-state index in [0.29, 0.717) is 19.1 Å². The number of likely N-dealkylation sites (tertiary alicyclic amines) is 1. The monoisotopic (exact) mass is 268 g/mol. The average Bonchev–Trinajstić information content (AvgIpc) is 2.81. The summed E-state index contributed by atoms with van der Waals surface area (Å²) in [5.74, 6) is 0.291. The van der Waals surface area contributed by atoms with Crippen molar-refractivity contribution in [2.24, 2.45) is 5.73 Å². The summed E-state index contributed by atoms with van der Waals surface area (Å²) in [6, 6.07) is 4.35. The number of esters is 1. The van der Waals surface area contributed by atoms with Gasteiger partial charge in [0.05, 0.1) is 13.2 Å². The van der Waals surface area contributed by atoms with Crippen molar-refractivity contribution in [3.8, 4) is 0 Å². The first-order chi connectivity index (χ1) is 8.69. The molecule has 5 heteroatoms. The molecular formula is C13H20N2O2S. The zero-order chi connectivity index (χ0) is 13.0. The SMILES string of the molecule is CCOC(=O)CN1CC(N)CC(c2cccs2)C1. The number of hydrogen-bond acceptors (Lipinski definition) is 5. The summed E-state index contributed by atoms with van der Waals surface area (Å²) in [7, 11) is 0. The summed E-state index contributed by atoms with van der Waals surface area (Å²) >= 11 is 1.76. The second kappa shape index (κ2) is 6.31. The van der Waals surface area contributed by atoms with Crippen LogP contribution in [0.2, 0.25) is 0 Å². The minimum Gasteiger partial charge on any atom is -0.465 e. The number of thiophene rings is 1. The lowest BCUT2D eigenvalue weighted by Gasteiger charge is -2.35. The van der Waals surface area contributed by atoms with Gasteiger partial charge in [0, 0.05) is 29.9 Å². The van der Waals surface area contributed by atoms with Crippen LogP contribution in [-0.2, 0) is 9.53 Å². The molecule has 0 aliphatic carbocycles. The second-order valence-electron chi connectivity index (χ2n) is 4.71. The Morgan fingerprint density at radius 1 is 1.61 bits per heavy atom. The van der Waals surface area contributed by atoms with Gasteiger partial charge in [0.25, 0.3) is 0 Å². The summed E-state index contributed by atoms with van der Waals surface area (Å²) in [5.41, 5.74) is 6.08. The van der Waals surface area contributed by atoms with E-state index in [2.05, 4.69) is 22.4 Å². The van der Waals surface area contributed by atoms with Crippen LogP contribution in [0.1, 0.15) is 24.1 Å². The van der Waals surface area contributed by atoms with Gasteiger partial charge in [-0.2, -0.15) is 0 Å². The Balaban J connectivity index is 1.94. The Hall–Kier alpha value is -0.910. The lowest BCUT2D eigenvalue weighted by Crippen LogP contribution is -2.47. The van der Waals surface area contributed by atoms with Crippen molar-refractivity contribution in [2.45, 2.75) is 25.3 Å². The molecule has 1 aliphatic heterocycles. The average molecular weight is 268 g/mol. The van der Waals surface area contributed by atoms with Crippen LogP contribution in [0.5, 0.6) is 0 Å². The number of ether oxygens (including phenoxy) is 1. The molecule has 1 aromatic rings. The highest BCUT2D eigenvalue weighted by Crippen LogP contribution is 2.29. The minimum atomic E-state index is -0.156. The van der Waals surface area contributed by atoms with Crippen molar-refractivity contribution in [1.82, 2.24) is 4.90 Å². The zero-order valence-corrected chi connectivity index (χ0v) is 11.5. The van der Waals surface area contributed by atoms with Gasteiger partial charge >= 0.3 is 5.97 Å². The predicted octanol–water partition coefficient (Wildman–Crippen LogP) is 1.43. The maximum atomic E-state index is 11.5. The number of hydrogen-bond donors (Lipinski definition) is 1. The van der Waals surface area contributed by atoms with Crippen LogP contribution in [-0.4, -0.2) is 43.2 Å². The molecule has 0 amide bonds. The van der Waals surface area contributed by atoms with Crippen LogP contribution in [0, 0.1) is 0 Å². The number of piperidine rings is 1. The van der Waals surface area contributed by atoms with Crippen LogP contribution in [0.15, 0.2) is 17.5 Å². The standard InChI is InChI=1S/C13H20N2O2S/c1-2-17-13(16)9-15-7-10(6-11(14)8-15)12-4-3-5-18-12/h3-5,10-11H,2,6-9,14H2,1H3. The molecule has 0 bridgehead atoms. The lowest BCUT2D eigenvalue weighted by molar-refractivity contribution is -0.144. The van der Waals surface area contributed by atoms with E-state index in [0.717, 1.165) is 19.5 Å². The summed E-state index contributed by atoms with van der Waals surface area (Å²) in [6.45, 7) is 4.29. The highest BCUT2D eigenvalue weighted by atomic mass is 32.1. The van der Waals surface area contributed by atoms with Gasteiger partial charge in [-0.3, -0.25) is 9.69 Å². The fourth-order valence-corrected chi connectivity index (χ4v) is 3.31. The van der Waals surface area contributed by atoms with Crippen LogP contribution >= 0.6 is 11.3 Å². The topological polar surface area (TPSA) is 55.6 Å². The van der Waals surface area contributed by atoms with E-state index in [9.17, 15) is 4.79 Å². The molecule has 100 valence electrons. The Morgan fingerprint density at radius 2 is 2.44 bits per heavy atom. The van der Waals surface area contributed by atoms with Crippen LogP contribution < -0.4 is 5.73 Å². The lowest BCUT2D eigenvalue weighted by atomic mass is 9.93. The van der Waals surface area contributed by atoms with Crippen molar-refractivity contribution in [3.05, 3.63) is 22.4 Å². The van der Waals surface area contributed by atoms with Crippen molar-refractivity contribution in [2.75, 3.05) is 26.2 Å². The van der Waals surface area contributed by atoms with Crippen molar-refractivity contribution in [3.63, 3.8) is 0 Å². The van der Waals surface area contributed by atoms with Gasteiger partial charge in [-0.25, -0.2) is 0 Å². The molecule has 1 aliphatic rings. The van der Waals surface area contributed by atoms with Crippen molar-refractivity contribution >= 4 is 17.3 Å². The fourth-order valence-electron chi connectivity index (χ4n) is 2.48. The van der Waals surface area contributed by atoms with Gasteiger partial charge in [0.15, 0.2) is 0 Å². The van der Waals surface area contributed by atoms with Crippen molar-refractivity contribution in [1.29, 1.82) is 0 Å². The van der Waals surface area contributed by atoms with E-state index in [1.807, 2.05) is 6.92 Å². The first-order valence-electron chi connectivity index (χ1n) is 6.36. The molecule has 2 N–H and O–H groups in total. The first kappa shape index (κ1) is 13.5. The molecule has 1 saturated heterocycles. The molecule has 2 unspecified atom stereocenters. The number of nitrogens with two attached hydrogens (primary N) is 1. The van der Waals surface area contributed by atoms with Crippen LogP contribution in [0.3, 0.4) is 0 Å². The molecule has 2 atom stereocenters. The molecule has 0 aromatic carbocycles. The van der Waals surface area contributed by atoms with Gasteiger partial charge in [0.2, 0.25) is 0 Å². The van der Waals surface area contributed by atoms with Gasteiger partial charge in [-0.1, -0.05) is 6.07 Å². The highest BCUT2D eigenvalue weighted by Gasteiger charge is 2.28. The minimum absolute atomic E-state index is 0.139. The molecule has 1 aromatic heterocycles. The third kappa shape index (κ3) is 3.54. The fraction of sp³-hybridized carbons (Fsp3) is 0.615. The highest BCUT2D eigenvalue weighted by molar-refractivity contribution is 7.10. The molecule has 1 fully saturated rings. The predicted molar refractivity (Wildman–Crippen MR) is 72.7 cm³/mol. The van der Waals surface area contributed by atoms with E-state index < -0.39 is 0 Å². The van der Waals surface area contributed by atoms with Gasteiger partial charge in [-0.15, -0.1) is 11.3 Å². The maximum absolute atomic E-state index is 11.5. The Morgan fingerprint density at radius 3 is 3.11 bits per heavy atom. The summed E-state index contributed by atoms with van der Waals surface area (Å²) < 4.78 is 4.99. The number of rotatable bonds is 4. The van der Waals surface area contributed by atoms with Gasteiger partial charge < -0.3 is 10.5 Å². The molecule has 2 rings (SSSR count). The third-order valence-corrected chi connectivity index (χ3v) is 4.20. The van der Waals surface area contributed by atoms with Gasteiger partial charge in [0.1, 0.15) is 0 Å². The molecule has 2 heterocycles. The molecule has 0 radical (unpaired) electrons. The first-order valence-corrected chi connectivity index (χ1v) is 7.24. The summed E-state index contributed by atoms with van der Waals surface area (Å²) in [5, 5.41) is 2.09. The van der Waals surface area contributed by atoms with E-state index in [1.165, 1.54) is 4.88 Å². The number of carbonyl (C=O) groups is 1. The number of carbonyl (C=O) groups excluding carboxylic acids is 1. The van der Waals surface area contributed by atoms with Crippen LogP contribution in [0.4, 0.5) is 0 Å². The maximum Gasteiger partial charge on any atom is 0.320 e.